The van der Waals surface area contributed by atoms with Crippen molar-refractivity contribution >= 4 is 21.8 Å². The van der Waals surface area contributed by atoms with Crippen molar-refractivity contribution in [3.63, 3.8) is 0 Å². The minimum atomic E-state index is -0.460. The average Bonchev–Trinajstić information content (AvgIpc) is 2.15. The van der Waals surface area contributed by atoms with Gasteiger partial charge in [-0.25, -0.2) is 0 Å². The van der Waals surface area contributed by atoms with E-state index in [-0.39, 0.29) is 12.5 Å². The Morgan fingerprint density at radius 2 is 2.21 bits per heavy atom. The molecule has 0 aliphatic carbocycles. The molecule has 0 aromatic heterocycles. The molecule has 0 bridgehead atoms. The van der Waals surface area contributed by atoms with E-state index in [4.69, 9.17) is 10.8 Å². The summed E-state index contributed by atoms with van der Waals surface area (Å²) in [5.41, 5.74) is 6.52. The fourth-order valence-corrected chi connectivity index (χ4v) is 1.66. The molecule has 1 amide bonds. The van der Waals surface area contributed by atoms with Crippen molar-refractivity contribution in [3.8, 4) is 0 Å². The Hall–Kier alpha value is -0.870. The Morgan fingerprint density at radius 1 is 1.57 bits per heavy atom. The molecule has 1 unspecified atom stereocenters. The van der Waals surface area contributed by atoms with Gasteiger partial charge in [-0.3, -0.25) is 4.79 Å². The summed E-state index contributed by atoms with van der Waals surface area (Å²) in [5.74, 6) is -0.455. The van der Waals surface area contributed by atoms with Crippen LogP contribution in [0.5, 0.6) is 0 Å². The number of amides is 1. The first-order valence-corrected chi connectivity index (χ1v) is 5.05. The van der Waals surface area contributed by atoms with E-state index in [0.717, 1.165) is 10.0 Å². The molecule has 0 heterocycles. The predicted molar refractivity (Wildman–Crippen MR) is 58.2 cm³/mol. The van der Waals surface area contributed by atoms with Crippen LogP contribution in [0.15, 0.2) is 22.7 Å². The largest absolute Gasteiger partial charge is 0.396 e. The summed E-state index contributed by atoms with van der Waals surface area (Å²) in [5, 5.41) is 8.98. The second-order valence-electron chi connectivity index (χ2n) is 3.22. The van der Waals surface area contributed by atoms with E-state index in [1.54, 1.807) is 12.1 Å². The highest BCUT2D eigenvalue weighted by atomic mass is 79.9. The quantitative estimate of drug-likeness (QED) is 0.865. The Morgan fingerprint density at radius 3 is 2.71 bits per heavy atom. The lowest BCUT2D eigenvalue weighted by Gasteiger charge is -2.09. The van der Waals surface area contributed by atoms with Crippen LogP contribution < -0.4 is 5.73 Å². The van der Waals surface area contributed by atoms with Gasteiger partial charge in [0.2, 0.25) is 5.91 Å². The summed E-state index contributed by atoms with van der Waals surface area (Å²) in [6, 6.07) is 5.23. The minimum Gasteiger partial charge on any atom is -0.396 e. The second kappa shape index (κ2) is 4.57. The molecule has 0 saturated carbocycles. The molecular formula is C10H12BrNO2. The number of hydrogen-bond donors (Lipinski definition) is 2. The molecule has 0 aliphatic rings. The number of aliphatic hydroxyl groups excluding tert-OH is 1. The van der Waals surface area contributed by atoms with Gasteiger partial charge in [-0.1, -0.05) is 22.9 Å². The molecule has 1 aromatic rings. The number of hydrogen-bond acceptors (Lipinski definition) is 2. The summed E-state index contributed by atoms with van der Waals surface area (Å²) in [6.45, 7) is 1.93. The molecule has 0 radical (unpaired) electrons. The van der Waals surface area contributed by atoms with Crippen LogP contribution in [0.25, 0.3) is 0 Å². The number of benzene rings is 1. The Kier molecular flexibility index (Phi) is 3.66. The third kappa shape index (κ3) is 2.56. The normalized spacial score (nSPS) is 12.5. The molecule has 3 N–H and O–H groups in total. The third-order valence-electron chi connectivity index (χ3n) is 2.05. The number of aliphatic hydroxyl groups is 1. The van der Waals surface area contributed by atoms with Crippen LogP contribution in [-0.2, 0) is 0 Å². The zero-order valence-electron chi connectivity index (χ0n) is 7.83. The van der Waals surface area contributed by atoms with Gasteiger partial charge in [0.25, 0.3) is 0 Å². The molecule has 1 aromatic carbocycles. The molecular weight excluding hydrogens is 246 g/mol. The summed E-state index contributed by atoms with van der Waals surface area (Å²) in [4.78, 5) is 11.0. The van der Waals surface area contributed by atoms with E-state index in [9.17, 15) is 4.79 Å². The Balaban J connectivity index is 3.13. The predicted octanol–water partition coefficient (Wildman–Crippen LogP) is 1.64. The van der Waals surface area contributed by atoms with Crippen molar-refractivity contribution in [3.05, 3.63) is 33.8 Å². The number of nitrogens with two attached hydrogens (primary N) is 1. The lowest BCUT2D eigenvalue weighted by atomic mass is 10.00. The van der Waals surface area contributed by atoms with Gasteiger partial charge >= 0.3 is 0 Å². The summed E-state index contributed by atoms with van der Waals surface area (Å²) in [7, 11) is 0. The lowest BCUT2D eigenvalue weighted by molar-refractivity contribution is 0.1000. The topological polar surface area (TPSA) is 63.3 Å². The highest BCUT2D eigenvalue weighted by molar-refractivity contribution is 9.10. The van der Waals surface area contributed by atoms with Crippen LogP contribution in [0.2, 0.25) is 0 Å². The van der Waals surface area contributed by atoms with Crippen LogP contribution in [0, 0.1) is 0 Å². The van der Waals surface area contributed by atoms with Crippen LogP contribution in [0.4, 0.5) is 0 Å². The highest BCUT2D eigenvalue weighted by Crippen LogP contribution is 2.21. The van der Waals surface area contributed by atoms with Crippen LogP contribution in [0.3, 0.4) is 0 Å². The van der Waals surface area contributed by atoms with Gasteiger partial charge in [0, 0.05) is 22.6 Å². The van der Waals surface area contributed by atoms with Crippen LogP contribution >= 0.6 is 15.9 Å². The Bertz CT molecular complexity index is 352. The first kappa shape index (κ1) is 11.2. The van der Waals surface area contributed by atoms with Crippen molar-refractivity contribution in [2.75, 3.05) is 6.61 Å². The molecule has 0 fully saturated rings. The molecule has 0 saturated heterocycles. The van der Waals surface area contributed by atoms with Crippen molar-refractivity contribution in [1.29, 1.82) is 0 Å². The van der Waals surface area contributed by atoms with Gasteiger partial charge in [-0.2, -0.15) is 0 Å². The summed E-state index contributed by atoms with van der Waals surface area (Å²) < 4.78 is 0.795. The fourth-order valence-electron chi connectivity index (χ4n) is 1.14. The van der Waals surface area contributed by atoms with Crippen molar-refractivity contribution in [2.45, 2.75) is 12.8 Å². The summed E-state index contributed by atoms with van der Waals surface area (Å²) >= 11 is 3.29. The Labute approximate surface area is 91.1 Å². The zero-order valence-corrected chi connectivity index (χ0v) is 9.41. The average molecular weight is 258 g/mol. The van der Waals surface area contributed by atoms with Gasteiger partial charge < -0.3 is 10.8 Å². The molecule has 1 atom stereocenters. The number of rotatable bonds is 3. The maximum absolute atomic E-state index is 11.0. The van der Waals surface area contributed by atoms with Gasteiger partial charge in [-0.15, -0.1) is 0 Å². The highest BCUT2D eigenvalue weighted by Gasteiger charge is 2.08. The summed E-state index contributed by atoms with van der Waals surface area (Å²) in [6.07, 6.45) is 0. The van der Waals surface area contributed by atoms with E-state index in [1.807, 2.05) is 13.0 Å². The minimum absolute atomic E-state index is 0.00519. The van der Waals surface area contributed by atoms with Gasteiger partial charge in [-0.05, 0) is 23.8 Å². The molecule has 3 nitrogen and oxygen atoms in total. The SMILES string of the molecule is CC(CO)c1cc(Br)cc(C(N)=O)c1. The molecule has 4 heteroatoms. The van der Waals surface area contributed by atoms with Gasteiger partial charge in [0.1, 0.15) is 0 Å². The zero-order chi connectivity index (χ0) is 10.7. The van der Waals surface area contributed by atoms with E-state index in [0.29, 0.717) is 5.56 Å². The number of carbonyl (C=O) groups excluding carboxylic acids is 1. The molecule has 1 rings (SSSR count). The maximum atomic E-state index is 11.0. The van der Waals surface area contributed by atoms with Crippen molar-refractivity contribution in [1.82, 2.24) is 0 Å². The first-order chi connectivity index (χ1) is 6.54. The van der Waals surface area contributed by atoms with E-state index in [2.05, 4.69) is 15.9 Å². The molecule has 0 spiro atoms. The van der Waals surface area contributed by atoms with Crippen LogP contribution in [0.1, 0.15) is 28.8 Å². The molecule has 14 heavy (non-hydrogen) atoms. The monoisotopic (exact) mass is 257 g/mol. The van der Waals surface area contributed by atoms with E-state index in [1.165, 1.54) is 0 Å². The molecule has 0 aliphatic heterocycles. The lowest BCUT2D eigenvalue weighted by Crippen LogP contribution is -2.12. The number of halogens is 1. The standard InChI is InChI=1S/C10H12BrNO2/c1-6(5-13)7-2-8(10(12)14)4-9(11)3-7/h2-4,6,13H,5H2,1H3,(H2,12,14). The smallest absolute Gasteiger partial charge is 0.248 e. The fraction of sp³-hybridized carbons (Fsp3) is 0.300. The number of primary amides is 1. The van der Waals surface area contributed by atoms with Gasteiger partial charge in [0.05, 0.1) is 0 Å². The second-order valence-corrected chi connectivity index (χ2v) is 4.14. The van der Waals surface area contributed by atoms with Gasteiger partial charge in [0.15, 0.2) is 0 Å². The third-order valence-corrected chi connectivity index (χ3v) is 2.51. The maximum Gasteiger partial charge on any atom is 0.248 e. The van der Waals surface area contributed by atoms with Crippen molar-refractivity contribution < 1.29 is 9.90 Å². The van der Waals surface area contributed by atoms with E-state index >= 15 is 0 Å². The van der Waals surface area contributed by atoms with Crippen LogP contribution in [-0.4, -0.2) is 17.6 Å². The first-order valence-electron chi connectivity index (χ1n) is 4.25. The van der Waals surface area contributed by atoms with Crippen molar-refractivity contribution in [2.24, 2.45) is 5.73 Å². The van der Waals surface area contributed by atoms with E-state index < -0.39 is 5.91 Å². The molecule has 76 valence electrons. The number of carbonyl (C=O) groups is 1.